The van der Waals surface area contributed by atoms with Gasteiger partial charge in [0.15, 0.2) is 0 Å². The van der Waals surface area contributed by atoms with Gasteiger partial charge < -0.3 is 16.6 Å². The first-order valence-electron chi connectivity index (χ1n) is 6.37. The second-order valence-corrected chi connectivity index (χ2v) is 4.58. The van der Waals surface area contributed by atoms with E-state index in [0.29, 0.717) is 5.69 Å². The number of nitrogens with two attached hydrogens (primary N) is 2. The molecular weight excluding hydrogens is 248 g/mol. The van der Waals surface area contributed by atoms with Gasteiger partial charge in [-0.1, -0.05) is 42.5 Å². The topological polar surface area (TPSA) is 72.3 Å². The van der Waals surface area contributed by atoms with Gasteiger partial charge in [0.25, 0.3) is 0 Å². The molecule has 0 aliphatic carbocycles. The zero-order valence-corrected chi connectivity index (χ0v) is 11.4. The molecule has 0 aromatic heterocycles. The highest BCUT2D eigenvalue weighted by Gasteiger charge is 2.00. The number of fused-ring (bicyclic) bond motifs is 1. The summed E-state index contributed by atoms with van der Waals surface area (Å²) in [5.74, 6) is 0.278. The van der Waals surface area contributed by atoms with Gasteiger partial charge in [-0.2, -0.15) is 0 Å². The Morgan fingerprint density at radius 3 is 1.85 bits per heavy atom. The number of phenols is 1. The first kappa shape index (κ1) is 13.7. The Kier molecular flexibility index (Phi) is 4.11. The van der Waals surface area contributed by atoms with Crippen molar-refractivity contribution in [2.45, 2.75) is 6.92 Å². The molecule has 3 nitrogen and oxygen atoms in total. The van der Waals surface area contributed by atoms with E-state index in [4.69, 9.17) is 11.5 Å². The van der Waals surface area contributed by atoms with Gasteiger partial charge >= 0.3 is 0 Å². The highest BCUT2D eigenvalue weighted by atomic mass is 16.3. The summed E-state index contributed by atoms with van der Waals surface area (Å²) in [7, 11) is 0. The fourth-order valence-corrected chi connectivity index (χ4v) is 1.89. The van der Waals surface area contributed by atoms with Crippen molar-refractivity contribution < 1.29 is 5.11 Å². The van der Waals surface area contributed by atoms with Gasteiger partial charge in [-0.05, 0) is 30.7 Å². The van der Waals surface area contributed by atoms with Crippen molar-refractivity contribution in [2.24, 2.45) is 0 Å². The van der Waals surface area contributed by atoms with Crippen LogP contribution in [0.2, 0.25) is 0 Å². The third kappa shape index (κ3) is 3.01. The molecule has 0 spiro atoms. The van der Waals surface area contributed by atoms with Crippen molar-refractivity contribution >= 4 is 22.1 Å². The molecule has 3 aromatic rings. The van der Waals surface area contributed by atoms with Crippen LogP contribution >= 0.6 is 0 Å². The largest absolute Gasteiger partial charge is 0.507 e. The molecular formula is C17H18N2O. The van der Waals surface area contributed by atoms with E-state index in [2.05, 4.69) is 0 Å². The highest BCUT2D eigenvalue weighted by Crippen LogP contribution is 2.28. The van der Waals surface area contributed by atoms with Crippen LogP contribution in [0.1, 0.15) is 5.56 Å². The van der Waals surface area contributed by atoms with E-state index in [-0.39, 0.29) is 5.75 Å². The Bertz CT molecular complexity index is 662. The van der Waals surface area contributed by atoms with E-state index in [1.807, 2.05) is 55.5 Å². The summed E-state index contributed by atoms with van der Waals surface area (Å²) in [4.78, 5) is 0. The van der Waals surface area contributed by atoms with Gasteiger partial charge in [0.2, 0.25) is 0 Å². The van der Waals surface area contributed by atoms with Crippen LogP contribution < -0.4 is 11.5 Å². The van der Waals surface area contributed by atoms with Crippen molar-refractivity contribution in [1.29, 1.82) is 0 Å². The zero-order valence-electron chi connectivity index (χ0n) is 11.4. The van der Waals surface area contributed by atoms with Crippen LogP contribution in [0.25, 0.3) is 10.8 Å². The predicted octanol–water partition coefficient (Wildman–Crippen LogP) is 3.70. The zero-order chi connectivity index (χ0) is 14.5. The minimum Gasteiger partial charge on any atom is -0.507 e. The number of benzene rings is 3. The van der Waals surface area contributed by atoms with E-state index >= 15 is 0 Å². The van der Waals surface area contributed by atoms with Crippen molar-refractivity contribution in [3.63, 3.8) is 0 Å². The van der Waals surface area contributed by atoms with E-state index in [9.17, 15) is 5.11 Å². The Balaban J connectivity index is 0.000000160. The van der Waals surface area contributed by atoms with E-state index in [0.717, 1.165) is 22.0 Å². The van der Waals surface area contributed by atoms with Gasteiger partial charge in [0.1, 0.15) is 5.75 Å². The third-order valence-corrected chi connectivity index (χ3v) is 3.12. The van der Waals surface area contributed by atoms with Crippen LogP contribution in [0.4, 0.5) is 11.4 Å². The van der Waals surface area contributed by atoms with Crippen molar-refractivity contribution in [3.05, 3.63) is 66.2 Å². The monoisotopic (exact) mass is 266 g/mol. The lowest BCUT2D eigenvalue weighted by Crippen LogP contribution is -1.85. The molecule has 3 rings (SSSR count). The molecule has 0 fully saturated rings. The summed E-state index contributed by atoms with van der Waals surface area (Å²) in [6, 6.07) is 18.6. The molecule has 3 aromatic carbocycles. The molecule has 0 saturated heterocycles. The SMILES string of the molecule is Cc1ccccc1N.Nc1ccc(O)c2ccccc12. The van der Waals surface area contributed by atoms with Crippen LogP contribution in [0.15, 0.2) is 60.7 Å². The summed E-state index contributed by atoms with van der Waals surface area (Å²) in [6.07, 6.45) is 0. The fraction of sp³-hybridized carbons (Fsp3) is 0.0588. The molecule has 0 heterocycles. The summed E-state index contributed by atoms with van der Waals surface area (Å²) in [6.45, 7) is 2.00. The number of rotatable bonds is 0. The van der Waals surface area contributed by atoms with Crippen LogP contribution in [0.3, 0.4) is 0 Å². The lowest BCUT2D eigenvalue weighted by Gasteiger charge is -2.02. The first-order chi connectivity index (χ1) is 9.59. The third-order valence-electron chi connectivity index (χ3n) is 3.12. The average Bonchev–Trinajstić information content (AvgIpc) is 2.47. The summed E-state index contributed by atoms with van der Waals surface area (Å²) >= 11 is 0. The smallest absolute Gasteiger partial charge is 0.123 e. The lowest BCUT2D eigenvalue weighted by atomic mass is 10.1. The standard InChI is InChI=1S/C10H9NO.C7H9N/c11-9-5-6-10(12)8-4-2-1-3-7(8)9;1-6-4-2-3-5-7(6)8/h1-6,12H,11H2;2-5H,8H2,1H3. The number of phenolic OH excluding ortho intramolecular Hbond substituents is 1. The normalized spacial score (nSPS) is 9.85. The molecule has 20 heavy (non-hydrogen) atoms. The maximum absolute atomic E-state index is 9.44. The van der Waals surface area contributed by atoms with E-state index in [1.54, 1.807) is 12.1 Å². The van der Waals surface area contributed by atoms with Crippen LogP contribution in [0.5, 0.6) is 5.75 Å². The van der Waals surface area contributed by atoms with Gasteiger partial charge in [-0.15, -0.1) is 0 Å². The average molecular weight is 266 g/mol. The minimum atomic E-state index is 0.278. The Morgan fingerprint density at radius 1 is 0.700 bits per heavy atom. The summed E-state index contributed by atoms with van der Waals surface area (Å²) in [5, 5.41) is 11.1. The second kappa shape index (κ2) is 5.97. The maximum Gasteiger partial charge on any atom is 0.123 e. The van der Waals surface area contributed by atoms with Gasteiger partial charge in [0.05, 0.1) is 0 Å². The molecule has 0 amide bonds. The molecule has 0 unspecified atom stereocenters. The van der Waals surface area contributed by atoms with Crippen molar-refractivity contribution in [3.8, 4) is 5.75 Å². The molecule has 0 radical (unpaired) electrons. The number of hydrogen-bond donors (Lipinski definition) is 3. The Morgan fingerprint density at radius 2 is 1.30 bits per heavy atom. The number of aryl methyl sites for hydroxylation is 1. The summed E-state index contributed by atoms with van der Waals surface area (Å²) in [5.41, 5.74) is 13.9. The molecule has 102 valence electrons. The van der Waals surface area contributed by atoms with Gasteiger partial charge in [-0.3, -0.25) is 0 Å². The first-order valence-corrected chi connectivity index (χ1v) is 6.37. The van der Waals surface area contributed by atoms with Crippen LogP contribution in [-0.2, 0) is 0 Å². The van der Waals surface area contributed by atoms with E-state index in [1.165, 1.54) is 0 Å². The number of hydrogen-bond acceptors (Lipinski definition) is 3. The molecule has 0 atom stereocenters. The highest BCUT2D eigenvalue weighted by molar-refractivity contribution is 5.96. The Labute approximate surface area is 118 Å². The molecule has 0 bridgehead atoms. The lowest BCUT2D eigenvalue weighted by molar-refractivity contribution is 0.481. The Hall–Kier alpha value is -2.68. The fourth-order valence-electron chi connectivity index (χ4n) is 1.89. The molecule has 0 aliphatic heterocycles. The number of anilines is 2. The van der Waals surface area contributed by atoms with Crippen molar-refractivity contribution in [2.75, 3.05) is 11.5 Å². The number of nitrogen functional groups attached to an aromatic ring is 2. The second-order valence-electron chi connectivity index (χ2n) is 4.58. The number of aromatic hydroxyl groups is 1. The van der Waals surface area contributed by atoms with Crippen molar-refractivity contribution in [1.82, 2.24) is 0 Å². The molecule has 5 N–H and O–H groups in total. The predicted molar refractivity (Wildman–Crippen MR) is 85.6 cm³/mol. The molecule has 0 aliphatic rings. The van der Waals surface area contributed by atoms with E-state index < -0.39 is 0 Å². The number of para-hydroxylation sites is 1. The summed E-state index contributed by atoms with van der Waals surface area (Å²) < 4.78 is 0. The van der Waals surface area contributed by atoms with Crippen LogP contribution in [-0.4, -0.2) is 5.11 Å². The van der Waals surface area contributed by atoms with Gasteiger partial charge in [-0.25, -0.2) is 0 Å². The molecule has 3 heteroatoms. The molecule has 0 saturated carbocycles. The maximum atomic E-state index is 9.44. The quantitative estimate of drug-likeness (QED) is 0.429. The van der Waals surface area contributed by atoms with Crippen LogP contribution in [0, 0.1) is 6.92 Å². The minimum absolute atomic E-state index is 0.278. The van der Waals surface area contributed by atoms with Gasteiger partial charge in [0, 0.05) is 22.1 Å².